The third-order valence-electron chi connectivity index (χ3n) is 4.58. The summed E-state index contributed by atoms with van der Waals surface area (Å²) in [6.45, 7) is 1.86. The average molecular weight is 313 g/mol. The summed E-state index contributed by atoms with van der Waals surface area (Å²) >= 11 is 0. The molecule has 0 radical (unpaired) electrons. The van der Waals surface area contributed by atoms with E-state index in [1.165, 1.54) is 4.90 Å². The molecule has 4 heteroatoms. The first-order valence-electron chi connectivity index (χ1n) is 8.09. The van der Waals surface area contributed by atoms with Crippen LogP contribution in [0.25, 0.3) is 0 Å². The van der Waals surface area contributed by atoms with Crippen LogP contribution in [0.5, 0.6) is 0 Å². The minimum atomic E-state index is -0.964. The summed E-state index contributed by atoms with van der Waals surface area (Å²) in [6, 6.07) is 6.36. The van der Waals surface area contributed by atoms with E-state index in [0.29, 0.717) is 5.56 Å². The van der Waals surface area contributed by atoms with Crippen molar-refractivity contribution in [3.63, 3.8) is 0 Å². The summed E-state index contributed by atoms with van der Waals surface area (Å²) in [5.74, 6) is 1.17. The minimum absolute atomic E-state index is 0.0145. The summed E-state index contributed by atoms with van der Waals surface area (Å²) in [4.78, 5) is 26.1. The first-order chi connectivity index (χ1) is 11.1. The maximum Gasteiger partial charge on any atom is 0.326 e. The van der Waals surface area contributed by atoms with Crippen LogP contribution >= 0.6 is 0 Å². The van der Waals surface area contributed by atoms with E-state index in [9.17, 15) is 14.7 Å². The van der Waals surface area contributed by atoms with Crippen molar-refractivity contribution in [2.75, 3.05) is 6.54 Å². The van der Waals surface area contributed by atoms with Gasteiger partial charge in [-0.1, -0.05) is 43.4 Å². The van der Waals surface area contributed by atoms with Crippen molar-refractivity contribution in [3.8, 4) is 12.3 Å². The van der Waals surface area contributed by atoms with E-state index in [4.69, 9.17) is 6.42 Å². The fourth-order valence-electron chi connectivity index (χ4n) is 3.40. The summed E-state index contributed by atoms with van der Waals surface area (Å²) in [5.41, 5.74) is 1.34. The van der Waals surface area contributed by atoms with Crippen molar-refractivity contribution in [1.29, 1.82) is 0 Å². The van der Waals surface area contributed by atoms with Crippen molar-refractivity contribution >= 4 is 11.9 Å². The van der Waals surface area contributed by atoms with E-state index in [1.807, 2.05) is 19.1 Å². The number of carboxylic acids is 1. The highest BCUT2D eigenvalue weighted by molar-refractivity contribution is 5.98. The Bertz CT molecular complexity index is 611. The number of carboxylic acid groups (broad SMARTS) is 1. The number of amides is 1. The Morgan fingerprint density at radius 1 is 1.30 bits per heavy atom. The van der Waals surface area contributed by atoms with Gasteiger partial charge in [-0.2, -0.15) is 0 Å². The lowest BCUT2D eigenvalue weighted by atomic mass is 9.83. The van der Waals surface area contributed by atoms with Gasteiger partial charge in [0.2, 0.25) is 0 Å². The summed E-state index contributed by atoms with van der Waals surface area (Å²) < 4.78 is 0. The molecule has 1 aromatic carbocycles. The molecule has 0 saturated heterocycles. The molecule has 1 fully saturated rings. The number of terminal acetylenes is 1. The van der Waals surface area contributed by atoms with E-state index in [0.717, 1.165) is 37.7 Å². The van der Waals surface area contributed by atoms with Gasteiger partial charge in [0.05, 0.1) is 6.54 Å². The lowest BCUT2D eigenvalue weighted by Gasteiger charge is -2.35. The smallest absolute Gasteiger partial charge is 0.326 e. The number of aliphatic carboxylic acids is 1. The highest BCUT2D eigenvalue weighted by Gasteiger charge is 2.37. The van der Waals surface area contributed by atoms with E-state index in [1.54, 1.807) is 12.1 Å². The molecule has 0 aromatic heterocycles. The number of carbonyl (C=O) groups is 2. The molecule has 1 atom stereocenters. The molecular weight excluding hydrogens is 290 g/mol. The van der Waals surface area contributed by atoms with Gasteiger partial charge in [0.25, 0.3) is 5.91 Å². The van der Waals surface area contributed by atoms with E-state index in [-0.39, 0.29) is 18.4 Å². The molecule has 2 rings (SSSR count). The quantitative estimate of drug-likeness (QED) is 0.850. The second kappa shape index (κ2) is 7.82. The standard InChI is InChI=1S/C19H23NO3/c1-3-13-20(18(21)16-12-8-7-9-14(16)2)17(19(22)23)15-10-5-4-6-11-15/h1,7-9,12,15,17H,4-6,10-11,13H2,2H3,(H,22,23). The number of nitrogens with zero attached hydrogens (tertiary/aromatic N) is 1. The lowest BCUT2D eigenvalue weighted by molar-refractivity contribution is -0.144. The zero-order valence-electron chi connectivity index (χ0n) is 13.5. The molecule has 23 heavy (non-hydrogen) atoms. The molecule has 122 valence electrons. The number of hydrogen-bond acceptors (Lipinski definition) is 2. The summed E-state index contributed by atoms with van der Waals surface area (Å²) in [5, 5.41) is 9.73. The maximum atomic E-state index is 12.9. The molecule has 0 aliphatic heterocycles. The third kappa shape index (κ3) is 3.92. The predicted octanol–water partition coefficient (Wildman–Crippen LogP) is 3.10. The fourth-order valence-corrected chi connectivity index (χ4v) is 3.40. The van der Waals surface area contributed by atoms with E-state index < -0.39 is 12.0 Å². The number of carbonyl (C=O) groups excluding carboxylic acids is 1. The Morgan fingerprint density at radius 2 is 1.96 bits per heavy atom. The van der Waals surface area contributed by atoms with Gasteiger partial charge in [0.15, 0.2) is 0 Å². The molecule has 4 nitrogen and oxygen atoms in total. The van der Waals surface area contributed by atoms with Crippen LogP contribution in [-0.2, 0) is 4.79 Å². The van der Waals surface area contributed by atoms with Crippen LogP contribution < -0.4 is 0 Å². The summed E-state index contributed by atoms with van der Waals surface area (Å²) in [7, 11) is 0. The summed E-state index contributed by atoms with van der Waals surface area (Å²) in [6.07, 6.45) is 10.2. The zero-order chi connectivity index (χ0) is 16.8. The van der Waals surface area contributed by atoms with Crippen molar-refractivity contribution in [2.24, 2.45) is 5.92 Å². The predicted molar refractivity (Wildman–Crippen MR) is 89.0 cm³/mol. The molecule has 1 aromatic rings. The number of aryl methyl sites for hydroxylation is 1. The van der Waals surface area contributed by atoms with Gasteiger partial charge in [-0.05, 0) is 37.3 Å². The molecular formula is C19H23NO3. The number of rotatable bonds is 5. The molecule has 1 unspecified atom stereocenters. The molecule has 1 saturated carbocycles. The average Bonchev–Trinajstić information content (AvgIpc) is 2.55. The fraction of sp³-hybridized carbons (Fsp3) is 0.474. The third-order valence-corrected chi connectivity index (χ3v) is 4.58. The highest BCUT2D eigenvalue weighted by atomic mass is 16.4. The number of hydrogen-bond donors (Lipinski definition) is 1. The minimum Gasteiger partial charge on any atom is -0.480 e. The van der Waals surface area contributed by atoms with Crippen molar-refractivity contribution in [2.45, 2.75) is 45.1 Å². The highest BCUT2D eigenvalue weighted by Crippen LogP contribution is 2.30. The van der Waals surface area contributed by atoms with Crippen molar-refractivity contribution in [3.05, 3.63) is 35.4 Å². The van der Waals surface area contributed by atoms with Crippen LogP contribution in [0.15, 0.2) is 24.3 Å². The van der Waals surface area contributed by atoms with Crippen LogP contribution in [0.2, 0.25) is 0 Å². The molecule has 1 N–H and O–H groups in total. The van der Waals surface area contributed by atoms with E-state index in [2.05, 4.69) is 5.92 Å². The van der Waals surface area contributed by atoms with Crippen molar-refractivity contribution < 1.29 is 14.7 Å². The zero-order valence-corrected chi connectivity index (χ0v) is 13.5. The van der Waals surface area contributed by atoms with Gasteiger partial charge in [0, 0.05) is 5.56 Å². The normalized spacial score (nSPS) is 16.3. The molecule has 0 spiro atoms. The van der Waals surface area contributed by atoms with Crippen LogP contribution in [0, 0.1) is 25.2 Å². The second-order valence-electron chi connectivity index (χ2n) is 6.13. The second-order valence-corrected chi connectivity index (χ2v) is 6.13. The van der Waals surface area contributed by atoms with Crippen LogP contribution in [0.4, 0.5) is 0 Å². The monoisotopic (exact) mass is 313 g/mol. The Kier molecular flexibility index (Phi) is 5.81. The van der Waals surface area contributed by atoms with Gasteiger partial charge >= 0.3 is 5.97 Å². The van der Waals surface area contributed by atoms with Gasteiger partial charge in [0.1, 0.15) is 6.04 Å². The molecule has 1 amide bonds. The molecule has 1 aliphatic rings. The van der Waals surface area contributed by atoms with Crippen molar-refractivity contribution in [1.82, 2.24) is 4.90 Å². The first-order valence-corrected chi connectivity index (χ1v) is 8.09. The van der Waals surface area contributed by atoms with Crippen LogP contribution in [-0.4, -0.2) is 34.5 Å². The Balaban J connectivity index is 2.34. The number of benzene rings is 1. The van der Waals surface area contributed by atoms with Gasteiger partial charge in [-0.25, -0.2) is 4.79 Å². The van der Waals surface area contributed by atoms with Gasteiger partial charge < -0.3 is 10.0 Å². The molecule has 0 bridgehead atoms. The largest absolute Gasteiger partial charge is 0.480 e. The Morgan fingerprint density at radius 3 is 2.52 bits per heavy atom. The van der Waals surface area contributed by atoms with Crippen LogP contribution in [0.1, 0.15) is 48.0 Å². The molecule has 0 heterocycles. The molecule has 1 aliphatic carbocycles. The maximum absolute atomic E-state index is 12.9. The topological polar surface area (TPSA) is 57.6 Å². The van der Waals surface area contributed by atoms with Crippen LogP contribution in [0.3, 0.4) is 0 Å². The van der Waals surface area contributed by atoms with Gasteiger partial charge in [-0.15, -0.1) is 6.42 Å². The first kappa shape index (κ1) is 17.1. The Hall–Kier alpha value is -2.28. The van der Waals surface area contributed by atoms with Gasteiger partial charge in [-0.3, -0.25) is 4.79 Å². The lowest BCUT2D eigenvalue weighted by Crippen LogP contribution is -2.50. The SMILES string of the molecule is C#CCN(C(=O)c1ccccc1C)C(C(=O)O)C1CCCCC1. The van der Waals surface area contributed by atoms with E-state index >= 15 is 0 Å². The Labute approximate surface area is 137 Å².